The first-order valence-electron chi connectivity index (χ1n) is 14.7. The summed E-state index contributed by atoms with van der Waals surface area (Å²) < 4.78 is 59.7. The smallest absolute Gasteiger partial charge is 0.459 e. The summed E-state index contributed by atoms with van der Waals surface area (Å²) in [6, 6.07) is 6.96. The SMILES string of the molecule is CCOc1nc(N)nc2c1ncn2[C@@H]1O[C@](F)(COP(=O)(N[C@@H](C)C(=O)OC2CCCCC2)Oc2ccccc2)[C@@H](O)[C@@H]1C. The molecule has 16 heteroatoms. The number of nitrogens with two attached hydrogens (primary N) is 1. The van der Waals surface area contributed by atoms with Crippen molar-refractivity contribution in [1.29, 1.82) is 0 Å². The van der Waals surface area contributed by atoms with Gasteiger partial charge in [0, 0.05) is 5.92 Å². The van der Waals surface area contributed by atoms with E-state index in [1.54, 1.807) is 32.0 Å². The molecule has 0 radical (unpaired) electrons. The van der Waals surface area contributed by atoms with E-state index in [9.17, 15) is 14.5 Å². The van der Waals surface area contributed by atoms with Gasteiger partial charge in [-0.1, -0.05) is 31.5 Å². The minimum atomic E-state index is -4.44. The van der Waals surface area contributed by atoms with Crippen LogP contribution < -0.4 is 20.1 Å². The van der Waals surface area contributed by atoms with Crippen molar-refractivity contribution in [3.63, 3.8) is 0 Å². The number of aliphatic hydroxyl groups is 1. The molecule has 6 atom stereocenters. The van der Waals surface area contributed by atoms with Crippen LogP contribution in [0.25, 0.3) is 11.2 Å². The number of benzene rings is 1. The predicted octanol–water partition coefficient (Wildman–Crippen LogP) is 4.06. The molecular formula is C28H38FN6O8P. The van der Waals surface area contributed by atoms with Gasteiger partial charge in [-0.05, 0) is 51.7 Å². The normalized spacial score (nSPS) is 26.2. The van der Waals surface area contributed by atoms with E-state index in [2.05, 4.69) is 20.0 Å². The molecule has 2 aromatic heterocycles. The number of hydrogen-bond donors (Lipinski definition) is 3. The number of aliphatic hydroxyl groups excluding tert-OH is 1. The number of nitrogen functional groups attached to an aromatic ring is 1. The van der Waals surface area contributed by atoms with Crippen molar-refractivity contribution >= 4 is 30.8 Å². The summed E-state index contributed by atoms with van der Waals surface area (Å²) in [4.78, 5) is 25.4. The Morgan fingerprint density at radius 3 is 2.70 bits per heavy atom. The zero-order chi connectivity index (χ0) is 31.5. The van der Waals surface area contributed by atoms with Crippen molar-refractivity contribution in [2.75, 3.05) is 18.9 Å². The predicted molar refractivity (Wildman–Crippen MR) is 156 cm³/mol. The molecule has 1 aliphatic carbocycles. The Morgan fingerprint density at radius 2 is 2.00 bits per heavy atom. The molecule has 2 aliphatic rings. The van der Waals surface area contributed by atoms with E-state index in [0.29, 0.717) is 6.61 Å². The van der Waals surface area contributed by atoms with Crippen molar-refractivity contribution in [2.24, 2.45) is 5.92 Å². The highest BCUT2D eigenvalue weighted by Gasteiger charge is 2.56. The molecule has 1 aliphatic heterocycles. The summed E-state index contributed by atoms with van der Waals surface area (Å²) in [6.07, 6.45) is 2.80. The third kappa shape index (κ3) is 6.97. The second kappa shape index (κ2) is 13.3. The molecule has 240 valence electrons. The fourth-order valence-corrected chi connectivity index (χ4v) is 6.81. The van der Waals surface area contributed by atoms with Crippen LogP contribution in [-0.4, -0.2) is 67.9 Å². The molecule has 3 aromatic rings. The van der Waals surface area contributed by atoms with Gasteiger partial charge in [0.05, 0.1) is 12.9 Å². The number of rotatable bonds is 12. The minimum absolute atomic E-state index is 0.0926. The van der Waals surface area contributed by atoms with Crippen LogP contribution in [-0.2, 0) is 23.4 Å². The number of halogens is 1. The van der Waals surface area contributed by atoms with Gasteiger partial charge >= 0.3 is 13.7 Å². The van der Waals surface area contributed by atoms with Gasteiger partial charge in [0.15, 0.2) is 11.2 Å². The van der Waals surface area contributed by atoms with Crippen LogP contribution in [0.3, 0.4) is 0 Å². The highest BCUT2D eigenvalue weighted by Crippen LogP contribution is 2.49. The summed E-state index contributed by atoms with van der Waals surface area (Å²) in [7, 11) is -4.44. The lowest BCUT2D eigenvalue weighted by Gasteiger charge is -2.28. The quantitative estimate of drug-likeness (QED) is 0.191. The molecule has 1 unspecified atom stereocenters. The Labute approximate surface area is 254 Å². The standard InChI is InChI=1S/C28H38FN6O8P/c1-4-39-24-21-23(32-27(30)33-24)35(16-31-21)25-17(2)22(36)28(29,42-25)15-40-44(38,43-20-13-9-6-10-14-20)34-18(3)26(37)41-19-11-7-5-8-12-19/h6,9-10,13-14,16-19,22,25,36H,4-5,7-8,11-12,15H2,1-3H3,(H,34,38)(H2,30,32,33)/t17-,18-,22-,25+,28+,44?/m0/s1. The van der Waals surface area contributed by atoms with E-state index in [1.165, 1.54) is 30.0 Å². The molecule has 0 amide bonds. The highest BCUT2D eigenvalue weighted by molar-refractivity contribution is 7.52. The molecule has 4 N–H and O–H groups in total. The molecule has 2 fully saturated rings. The van der Waals surface area contributed by atoms with E-state index in [1.807, 2.05) is 0 Å². The molecular weight excluding hydrogens is 598 g/mol. The largest absolute Gasteiger partial charge is 0.476 e. The van der Waals surface area contributed by atoms with Gasteiger partial charge in [-0.2, -0.15) is 15.1 Å². The van der Waals surface area contributed by atoms with Gasteiger partial charge in [-0.15, -0.1) is 0 Å². The first-order valence-corrected chi connectivity index (χ1v) is 16.2. The van der Waals surface area contributed by atoms with E-state index in [-0.39, 0.29) is 34.8 Å². The van der Waals surface area contributed by atoms with Gasteiger partial charge in [0.1, 0.15) is 36.8 Å². The molecule has 1 saturated heterocycles. The second-order valence-electron chi connectivity index (χ2n) is 11.0. The number of fused-ring (bicyclic) bond motifs is 1. The summed E-state index contributed by atoms with van der Waals surface area (Å²) in [5.74, 6) is -4.13. The number of ether oxygens (including phenoxy) is 3. The Hall–Kier alpha value is -3.36. The van der Waals surface area contributed by atoms with E-state index < -0.39 is 50.5 Å². The number of carbonyl (C=O) groups excluding carboxylic acids is 1. The Bertz CT molecular complexity index is 1490. The Balaban J connectivity index is 1.34. The molecule has 44 heavy (non-hydrogen) atoms. The molecule has 5 rings (SSSR count). The van der Waals surface area contributed by atoms with Gasteiger partial charge in [-0.3, -0.25) is 13.9 Å². The number of carbonyl (C=O) groups is 1. The zero-order valence-corrected chi connectivity index (χ0v) is 25.7. The molecule has 1 saturated carbocycles. The average Bonchev–Trinajstić information content (AvgIpc) is 3.52. The highest BCUT2D eigenvalue weighted by atomic mass is 31.2. The van der Waals surface area contributed by atoms with Crippen molar-refractivity contribution in [1.82, 2.24) is 24.6 Å². The number of anilines is 1. The van der Waals surface area contributed by atoms with Gasteiger partial charge < -0.3 is 29.6 Å². The number of aromatic nitrogens is 4. The summed E-state index contributed by atoms with van der Waals surface area (Å²) >= 11 is 0. The molecule has 0 bridgehead atoms. The summed E-state index contributed by atoms with van der Waals surface area (Å²) in [5, 5.41) is 13.5. The minimum Gasteiger partial charge on any atom is -0.476 e. The second-order valence-corrected chi connectivity index (χ2v) is 12.7. The maximum atomic E-state index is 16.3. The maximum absolute atomic E-state index is 16.3. The third-order valence-electron chi connectivity index (χ3n) is 7.61. The van der Waals surface area contributed by atoms with Crippen molar-refractivity contribution in [3.8, 4) is 11.6 Å². The third-order valence-corrected chi connectivity index (χ3v) is 9.23. The molecule has 3 heterocycles. The molecule has 1 aromatic carbocycles. The van der Waals surface area contributed by atoms with Gasteiger partial charge in [0.25, 0.3) is 5.85 Å². The molecule has 14 nitrogen and oxygen atoms in total. The summed E-state index contributed by atoms with van der Waals surface area (Å²) in [6.45, 7) is 4.08. The summed E-state index contributed by atoms with van der Waals surface area (Å²) in [5.41, 5.74) is 6.34. The van der Waals surface area contributed by atoms with Gasteiger partial charge in [-0.25, -0.2) is 13.9 Å². The number of alkyl halides is 1. The van der Waals surface area contributed by atoms with Crippen LogP contribution in [0.2, 0.25) is 0 Å². The van der Waals surface area contributed by atoms with Crippen LogP contribution >= 0.6 is 7.75 Å². The van der Waals surface area contributed by atoms with E-state index >= 15 is 4.39 Å². The number of nitrogens with zero attached hydrogens (tertiary/aromatic N) is 4. The molecule has 0 spiro atoms. The number of nitrogens with one attached hydrogen (secondary N) is 1. The van der Waals surface area contributed by atoms with Crippen LogP contribution in [0, 0.1) is 5.92 Å². The lowest BCUT2D eigenvalue weighted by molar-refractivity contribution is -0.202. The van der Waals surface area contributed by atoms with E-state index in [4.69, 9.17) is 29.0 Å². The topological polar surface area (TPSA) is 182 Å². The van der Waals surface area contributed by atoms with Crippen molar-refractivity contribution < 1.29 is 42.1 Å². The lowest BCUT2D eigenvalue weighted by atomic mass is 9.98. The number of imidazole rings is 1. The number of esters is 1. The number of para-hydroxylation sites is 1. The monoisotopic (exact) mass is 636 g/mol. The van der Waals surface area contributed by atoms with Crippen molar-refractivity contribution in [3.05, 3.63) is 36.7 Å². The van der Waals surface area contributed by atoms with Crippen LogP contribution in [0.1, 0.15) is 59.1 Å². The Kier molecular flexibility index (Phi) is 9.71. The first-order chi connectivity index (χ1) is 21.0. The number of hydrogen-bond acceptors (Lipinski definition) is 12. The average molecular weight is 637 g/mol. The first kappa shape index (κ1) is 32.0. The van der Waals surface area contributed by atoms with Crippen molar-refractivity contribution in [2.45, 2.75) is 83.2 Å². The fourth-order valence-electron chi connectivity index (χ4n) is 5.31. The zero-order valence-electron chi connectivity index (χ0n) is 24.8. The Morgan fingerprint density at radius 1 is 1.27 bits per heavy atom. The van der Waals surface area contributed by atoms with Crippen LogP contribution in [0.5, 0.6) is 11.6 Å². The van der Waals surface area contributed by atoms with Crippen LogP contribution in [0.4, 0.5) is 10.3 Å². The lowest BCUT2D eigenvalue weighted by Crippen LogP contribution is -2.42. The van der Waals surface area contributed by atoms with Crippen LogP contribution in [0.15, 0.2) is 36.7 Å². The van der Waals surface area contributed by atoms with E-state index in [0.717, 1.165) is 32.1 Å². The maximum Gasteiger partial charge on any atom is 0.459 e. The fraction of sp³-hybridized carbons (Fsp3) is 0.571. The van der Waals surface area contributed by atoms with Gasteiger partial charge in [0.2, 0.25) is 11.8 Å².